The van der Waals surface area contributed by atoms with Gasteiger partial charge in [0.05, 0.1) is 23.7 Å². The first kappa shape index (κ1) is 19.3. The molecule has 0 aliphatic carbocycles. The van der Waals surface area contributed by atoms with Gasteiger partial charge in [0.2, 0.25) is 0 Å². The molecule has 1 aromatic heterocycles. The highest BCUT2D eigenvalue weighted by Gasteiger charge is 2.35. The van der Waals surface area contributed by atoms with E-state index in [2.05, 4.69) is 39.5 Å². The molecule has 1 atom stereocenters. The minimum absolute atomic E-state index is 0.0375. The molecule has 6 nitrogen and oxygen atoms in total. The van der Waals surface area contributed by atoms with E-state index in [4.69, 9.17) is 9.72 Å². The molecule has 1 amide bonds. The van der Waals surface area contributed by atoms with E-state index >= 15 is 0 Å². The normalized spacial score (nSPS) is 22.3. The minimum Gasteiger partial charge on any atom is -0.496 e. The van der Waals surface area contributed by atoms with Gasteiger partial charge in [-0.2, -0.15) is 0 Å². The molecular formula is C26H26N4O2. The number of aromatic amines is 1. The maximum absolute atomic E-state index is 13.0. The van der Waals surface area contributed by atoms with Crippen molar-refractivity contribution in [1.29, 1.82) is 0 Å². The number of fused-ring (bicyclic) bond motifs is 5. The molecule has 7 rings (SSSR count). The number of hydrogen-bond acceptors (Lipinski definition) is 4. The molecule has 162 valence electrons. The van der Waals surface area contributed by atoms with Crippen molar-refractivity contribution >= 4 is 27.7 Å². The summed E-state index contributed by atoms with van der Waals surface area (Å²) >= 11 is 0. The lowest BCUT2D eigenvalue weighted by Crippen LogP contribution is -2.57. The van der Waals surface area contributed by atoms with Gasteiger partial charge >= 0.3 is 0 Å². The Bertz CT molecular complexity index is 1270. The minimum atomic E-state index is -0.0375. The molecule has 3 fully saturated rings. The summed E-state index contributed by atoms with van der Waals surface area (Å²) in [7, 11) is 1.63. The number of ether oxygens (including phenoxy) is 1. The molecule has 32 heavy (non-hydrogen) atoms. The molecule has 6 heteroatoms. The molecule has 0 spiro atoms. The first-order valence-corrected chi connectivity index (χ1v) is 11.3. The van der Waals surface area contributed by atoms with Gasteiger partial charge in [-0.15, -0.1) is 0 Å². The number of methoxy groups -OCH3 is 1. The lowest BCUT2D eigenvalue weighted by molar-refractivity contribution is 0.0620. The molecule has 4 aromatic rings. The summed E-state index contributed by atoms with van der Waals surface area (Å²) in [5.41, 5.74) is 3.34. The van der Waals surface area contributed by atoms with Gasteiger partial charge in [-0.25, -0.2) is 4.98 Å². The summed E-state index contributed by atoms with van der Waals surface area (Å²) in [5, 5.41) is 5.58. The molecule has 2 bridgehead atoms. The quantitative estimate of drug-likeness (QED) is 0.513. The van der Waals surface area contributed by atoms with Crippen LogP contribution < -0.4 is 10.1 Å². The van der Waals surface area contributed by atoms with Gasteiger partial charge in [0.15, 0.2) is 0 Å². The smallest absolute Gasteiger partial charge is 0.251 e. The van der Waals surface area contributed by atoms with Crippen molar-refractivity contribution in [3.05, 3.63) is 60.2 Å². The van der Waals surface area contributed by atoms with Crippen molar-refractivity contribution in [1.82, 2.24) is 20.2 Å². The number of rotatable bonds is 4. The van der Waals surface area contributed by atoms with Crippen molar-refractivity contribution in [2.75, 3.05) is 26.7 Å². The second-order valence-electron chi connectivity index (χ2n) is 8.93. The summed E-state index contributed by atoms with van der Waals surface area (Å²) in [4.78, 5) is 23.6. The van der Waals surface area contributed by atoms with E-state index in [1.54, 1.807) is 7.11 Å². The molecule has 3 aromatic carbocycles. The second-order valence-corrected chi connectivity index (χ2v) is 8.93. The largest absolute Gasteiger partial charge is 0.496 e. The van der Waals surface area contributed by atoms with Gasteiger partial charge in [0, 0.05) is 18.2 Å². The van der Waals surface area contributed by atoms with E-state index in [0.29, 0.717) is 17.2 Å². The zero-order valence-electron chi connectivity index (χ0n) is 18.1. The van der Waals surface area contributed by atoms with Gasteiger partial charge in [-0.1, -0.05) is 24.3 Å². The Hall–Kier alpha value is -3.38. The van der Waals surface area contributed by atoms with E-state index in [1.807, 2.05) is 30.3 Å². The number of hydrogen-bond donors (Lipinski definition) is 2. The zero-order valence-corrected chi connectivity index (χ0v) is 18.1. The molecule has 1 unspecified atom stereocenters. The maximum Gasteiger partial charge on any atom is 0.251 e. The summed E-state index contributed by atoms with van der Waals surface area (Å²) < 4.78 is 5.66. The zero-order chi connectivity index (χ0) is 21.7. The topological polar surface area (TPSA) is 70.2 Å². The van der Waals surface area contributed by atoms with Crippen molar-refractivity contribution in [3.8, 4) is 17.1 Å². The van der Waals surface area contributed by atoms with E-state index in [0.717, 1.165) is 47.4 Å². The van der Waals surface area contributed by atoms with Crippen LogP contribution in [0.2, 0.25) is 0 Å². The van der Waals surface area contributed by atoms with E-state index in [1.165, 1.54) is 18.2 Å². The molecular weight excluding hydrogens is 400 g/mol. The SMILES string of the molecule is COc1cc(C(=O)NC2CN3CCC2CC3)ccc1-c1nc2cc3ccccc3cc2[nH]1. The first-order valence-electron chi connectivity index (χ1n) is 11.3. The summed E-state index contributed by atoms with van der Waals surface area (Å²) in [6.07, 6.45) is 2.35. The summed E-state index contributed by atoms with van der Waals surface area (Å²) in [6.45, 7) is 3.28. The summed E-state index contributed by atoms with van der Waals surface area (Å²) in [5.74, 6) is 1.92. The molecule has 3 saturated heterocycles. The molecule has 0 saturated carbocycles. The molecule has 0 radical (unpaired) electrons. The third kappa shape index (κ3) is 3.31. The van der Waals surface area contributed by atoms with Crippen LogP contribution in [-0.4, -0.2) is 53.6 Å². The van der Waals surface area contributed by atoms with Gasteiger partial charge in [0.25, 0.3) is 5.91 Å². The number of H-pyrrole nitrogens is 1. The fourth-order valence-corrected chi connectivity index (χ4v) is 5.23. The van der Waals surface area contributed by atoms with Crippen LogP contribution in [-0.2, 0) is 0 Å². The number of carbonyl (C=O) groups is 1. The van der Waals surface area contributed by atoms with Gasteiger partial charge < -0.3 is 19.9 Å². The number of aromatic nitrogens is 2. The van der Waals surface area contributed by atoms with Crippen molar-refractivity contribution < 1.29 is 9.53 Å². The average Bonchev–Trinajstić information content (AvgIpc) is 3.25. The van der Waals surface area contributed by atoms with E-state index in [9.17, 15) is 4.79 Å². The van der Waals surface area contributed by atoms with Crippen LogP contribution in [0.25, 0.3) is 33.2 Å². The Morgan fingerprint density at radius 3 is 2.59 bits per heavy atom. The number of imidazole rings is 1. The average molecular weight is 427 g/mol. The highest BCUT2D eigenvalue weighted by molar-refractivity contribution is 5.97. The van der Waals surface area contributed by atoms with Crippen molar-refractivity contribution in [3.63, 3.8) is 0 Å². The first-order chi connectivity index (χ1) is 15.7. The molecule has 2 N–H and O–H groups in total. The van der Waals surface area contributed by atoms with Gasteiger partial charge in [-0.05, 0) is 73.0 Å². The number of nitrogens with one attached hydrogen (secondary N) is 2. The number of piperidine rings is 3. The highest BCUT2D eigenvalue weighted by Crippen LogP contribution is 2.32. The number of amides is 1. The van der Waals surface area contributed by atoms with Crippen LogP contribution in [0.15, 0.2) is 54.6 Å². The highest BCUT2D eigenvalue weighted by atomic mass is 16.5. The Labute approximate surface area is 186 Å². The Morgan fingerprint density at radius 2 is 1.88 bits per heavy atom. The van der Waals surface area contributed by atoms with Crippen LogP contribution >= 0.6 is 0 Å². The third-order valence-electron chi connectivity index (χ3n) is 7.04. The van der Waals surface area contributed by atoms with Crippen LogP contribution in [0.4, 0.5) is 0 Å². The maximum atomic E-state index is 13.0. The van der Waals surface area contributed by atoms with Crippen LogP contribution in [0, 0.1) is 5.92 Å². The third-order valence-corrected chi connectivity index (χ3v) is 7.04. The van der Waals surface area contributed by atoms with Crippen LogP contribution in [0.1, 0.15) is 23.2 Å². The van der Waals surface area contributed by atoms with Crippen LogP contribution in [0.5, 0.6) is 5.75 Å². The van der Waals surface area contributed by atoms with Gasteiger partial charge in [-0.3, -0.25) is 4.79 Å². The van der Waals surface area contributed by atoms with E-state index in [-0.39, 0.29) is 11.9 Å². The second kappa shape index (κ2) is 7.64. The van der Waals surface area contributed by atoms with Crippen LogP contribution in [0.3, 0.4) is 0 Å². The van der Waals surface area contributed by atoms with Crippen molar-refractivity contribution in [2.45, 2.75) is 18.9 Å². The van der Waals surface area contributed by atoms with Gasteiger partial charge in [0.1, 0.15) is 11.6 Å². The Kier molecular flexibility index (Phi) is 4.61. The number of benzene rings is 3. The summed E-state index contributed by atoms with van der Waals surface area (Å²) in [6, 6.07) is 18.3. The predicted molar refractivity (Wildman–Crippen MR) is 126 cm³/mol. The lowest BCUT2D eigenvalue weighted by atomic mass is 9.84. The lowest BCUT2D eigenvalue weighted by Gasteiger charge is -2.44. The number of carbonyl (C=O) groups excluding carboxylic acids is 1. The van der Waals surface area contributed by atoms with E-state index < -0.39 is 0 Å². The molecule has 3 aliphatic rings. The molecule has 4 heterocycles. The Morgan fingerprint density at radius 1 is 1.09 bits per heavy atom. The predicted octanol–water partition coefficient (Wildman–Crippen LogP) is 4.22. The fraction of sp³-hybridized carbons (Fsp3) is 0.308. The monoisotopic (exact) mass is 426 g/mol. The number of nitrogens with zero attached hydrogens (tertiary/aromatic N) is 2. The molecule has 3 aliphatic heterocycles. The standard InChI is InChI=1S/C26H26N4O2/c1-32-24-14-19(26(31)29-23-15-30-10-8-16(23)9-11-30)6-7-20(24)25-27-21-12-17-4-2-3-5-18(17)13-22(21)28-25/h2-7,12-14,16,23H,8-11,15H2,1H3,(H,27,28)(H,29,31). The van der Waals surface area contributed by atoms with Crippen molar-refractivity contribution in [2.24, 2.45) is 5.92 Å². The fourth-order valence-electron chi connectivity index (χ4n) is 5.23. The Balaban J connectivity index is 1.29.